The normalized spacial score (nSPS) is 15.1. The van der Waals surface area contributed by atoms with E-state index in [1.165, 1.54) is 29.0 Å². The molecule has 5 N–H and O–H groups in total. The van der Waals surface area contributed by atoms with E-state index in [2.05, 4.69) is 76.5 Å². The van der Waals surface area contributed by atoms with Gasteiger partial charge in [-0.15, -0.1) is 34.0 Å². The maximum Gasteiger partial charge on any atom is 0.150 e. The standard InChI is InChI=1S/C21H22FN5S.C21H18FN5S.C21H16FN5S/c3*1-27-11-16-7-13(6-15(10-23)19(16)26-27)14-8-17(22)20-18(9-14)28-21(25-20)12-2-4-24-5-3-12/h6-9,11-12,24H,2-5,10,23H2,1H3;6-9,11-12,24H,2-5H2,1H3;2,6-9,11,24H,3-5H2,1H3. The Balaban J connectivity index is 0.000000118. The molecule has 0 radical (unpaired) electrons. The summed E-state index contributed by atoms with van der Waals surface area (Å²) in [7, 11) is 5.54. The third kappa shape index (κ3) is 10.8. The van der Waals surface area contributed by atoms with Crippen LogP contribution < -0.4 is 21.7 Å². The first-order chi connectivity index (χ1) is 40.9. The summed E-state index contributed by atoms with van der Waals surface area (Å²) >= 11 is 4.72. The lowest BCUT2D eigenvalue weighted by Crippen LogP contribution is -2.26. The Morgan fingerprint density at radius 2 is 0.929 bits per heavy atom. The number of halogens is 3. The number of hydrogen-bond donors (Lipinski definition) is 4. The molecule has 21 heteroatoms. The van der Waals surface area contributed by atoms with Crippen LogP contribution in [0.25, 0.3) is 102 Å². The van der Waals surface area contributed by atoms with E-state index in [9.17, 15) is 23.7 Å². The molecule has 422 valence electrons. The Labute approximate surface area is 492 Å². The molecule has 0 unspecified atom stereocenters. The molecule has 6 aromatic heterocycles. The zero-order chi connectivity index (χ0) is 57.8. The van der Waals surface area contributed by atoms with Crippen LogP contribution in [0.1, 0.15) is 75.7 Å². The van der Waals surface area contributed by atoms with Gasteiger partial charge in [-0.1, -0.05) is 6.08 Å². The van der Waals surface area contributed by atoms with Gasteiger partial charge in [0.15, 0.2) is 17.5 Å². The third-order valence-electron chi connectivity index (χ3n) is 15.8. The van der Waals surface area contributed by atoms with E-state index < -0.39 is 0 Å². The number of rotatable bonds is 7. The second-order valence-corrected chi connectivity index (χ2v) is 24.8. The minimum absolute atomic E-state index is 0.260. The van der Waals surface area contributed by atoms with Crippen molar-refractivity contribution in [2.24, 2.45) is 26.9 Å². The van der Waals surface area contributed by atoms with E-state index in [1.54, 1.807) is 54.9 Å². The minimum Gasteiger partial charge on any atom is -0.326 e. The number of piperidine rings is 2. The van der Waals surface area contributed by atoms with Gasteiger partial charge >= 0.3 is 0 Å². The number of nitrogens with two attached hydrogens (primary N) is 1. The van der Waals surface area contributed by atoms with Crippen molar-refractivity contribution in [2.45, 2.75) is 50.5 Å². The number of nitriles is 2. The Morgan fingerprint density at radius 1 is 0.512 bits per heavy atom. The summed E-state index contributed by atoms with van der Waals surface area (Å²) in [6.07, 6.45) is 12.9. The number of nitrogens with one attached hydrogen (secondary N) is 3. The highest BCUT2D eigenvalue weighted by molar-refractivity contribution is 7.19. The van der Waals surface area contributed by atoms with E-state index in [4.69, 9.17) is 5.73 Å². The summed E-state index contributed by atoms with van der Waals surface area (Å²) in [4.78, 5) is 13.8. The monoisotopic (exact) mass is 1180 g/mol. The molecular formula is C63H56F3N15S3. The van der Waals surface area contributed by atoms with Crippen LogP contribution in [-0.4, -0.2) is 83.6 Å². The average molecular weight is 1180 g/mol. The lowest BCUT2D eigenvalue weighted by atomic mass is 9.99. The maximum atomic E-state index is 14.9. The van der Waals surface area contributed by atoms with Crippen molar-refractivity contribution in [1.29, 1.82) is 10.5 Å². The van der Waals surface area contributed by atoms with Gasteiger partial charge in [-0.25, -0.2) is 28.1 Å². The molecule has 0 saturated carbocycles. The molecule has 15 rings (SSSR count). The number of aromatic nitrogens is 9. The van der Waals surface area contributed by atoms with E-state index >= 15 is 0 Å². The van der Waals surface area contributed by atoms with Gasteiger partial charge in [-0.3, -0.25) is 14.0 Å². The minimum atomic E-state index is -0.339. The zero-order valence-electron chi connectivity index (χ0n) is 46.2. The first kappa shape index (κ1) is 55.0. The molecule has 2 fully saturated rings. The number of benzene rings is 6. The van der Waals surface area contributed by atoms with Crippen molar-refractivity contribution < 1.29 is 13.2 Å². The van der Waals surface area contributed by atoms with Gasteiger partial charge in [0.25, 0.3) is 0 Å². The summed E-state index contributed by atoms with van der Waals surface area (Å²) in [6.45, 7) is 6.10. The van der Waals surface area contributed by atoms with Crippen LogP contribution in [0.15, 0.2) is 97.5 Å². The van der Waals surface area contributed by atoms with E-state index in [-0.39, 0.29) is 17.5 Å². The van der Waals surface area contributed by atoms with Crippen LogP contribution in [-0.2, 0) is 27.7 Å². The molecule has 15 nitrogen and oxygen atoms in total. The predicted octanol–water partition coefficient (Wildman–Crippen LogP) is 12.5. The molecule has 0 atom stereocenters. The smallest absolute Gasteiger partial charge is 0.150 e. The van der Waals surface area contributed by atoms with Crippen LogP contribution in [0.2, 0.25) is 0 Å². The third-order valence-corrected chi connectivity index (χ3v) is 19.2. The Morgan fingerprint density at radius 3 is 1.37 bits per heavy atom. The van der Waals surface area contributed by atoms with Crippen molar-refractivity contribution in [3.05, 3.63) is 147 Å². The topological polar surface area (TPSA) is 202 Å². The molecule has 12 aromatic rings. The average Bonchev–Trinajstić information content (AvgIpc) is 3.59. The SMILES string of the molecule is Cn1cc2cc(-c3cc(F)c4nc(C5=CCNCC5)sc4c3)cc(C#N)c2n1.Cn1cc2cc(-c3cc(F)c4nc(C5CCNCC5)sc4c3)cc(C#N)c2n1.Cn1cc2cc(-c3cc(F)c4nc(C5CCNCC5)sc4c3)cc(CN)c2n1. The summed E-state index contributed by atoms with van der Waals surface area (Å²) in [5.41, 5.74) is 17.6. The highest BCUT2D eigenvalue weighted by Crippen LogP contribution is 2.40. The van der Waals surface area contributed by atoms with Gasteiger partial charge in [-0.05, 0) is 182 Å². The van der Waals surface area contributed by atoms with Crippen molar-refractivity contribution in [1.82, 2.24) is 60.2 Å². The lowest BCUT2D eigenvalue weighted by Gasteiger charge is -2.20. The first-order valence-electron chi connectivity index (χ1n) is 27.9. The molecule has 0 bridgehead atoms. The van der Waals surface area contributed by atoms with Crippen molar-refractivity contribution in [3.63, 3.8) is 0 Å². The molecule has 0 aliphatic carbocycles. The molecule has 3 aliphatic rings. The van der Waals surface area contributed by atoms with Crippen LogP contribution in [0, 0.1) is 40.1 Å². The Hall–Kier alpha value is -8.25. The summed E-state index contributed by atoms with van der Waals surface area (Å²) in [5.74, 6) is -0.0805. The molecule has 84 heavy (non-hydrogen) atoms. The molecule has 0 spiro atoms. The number of aryl methyl sites for hydroxylation is 3. The second kappa shape index (κ2) is 23.1. The Bertz CT molecular complexity index is 4650. The summed E-state index contributed by atoms with van der Waals surface area (Å²) in [6, 6.07) is 26.5. The highest BCUT2D eigenvalue weighted by Gasteiger charge is 2.24. The van der Waals surface area contributed by atoms with Crippen molar-refractivity contribution >= 4 is 103 Å². The van der Waals surface area contributed by atoms with E-state index in [1.807, 2.05) is 70.1 Å². The van der Waals surface area contributed by atoms with Crippen molar-refractivity contribution in [3.8, 4) is 45.5 Å². The summed E-state index contributed by atoms with van der Waals surface area (Å²) in [5, 5.41) is 47.9. The molecule has 6 aromatic carbocycles. The molecule has 2 saturated heterocycles. The maximum absolute atomic E-state index is 14.9. The lowest BCUT2D eigenvalue weighted by molar-refractivity contribution is 0.459. The van der Waals surface area contributed by atoms with Gasteiger partial charge in [0.05, 0.1) is 40.8 Å². The number of thiazole rings is 3. The quantitative estimate of drug-likeness (QED) is 0.118. The van der Waals surface area contributed by atoms with Gasteiger partial charge in [0, 0.05) is 80.8 Å². The zero-order valence-corrected chi connectivity index (χ0v) is 48.7. The number of fused-ring (bicyclic) bond motifs is 6. The van der Waals surface area contributed by atoms with E-state index in [0.29, 0.717) is 57.1 Å². The van der Waals surface area contributed by atoms with Crippen LogP contribution in [0.3, 0.4) is 0 Å². The fraction of sp³-hybridized carbons (Fsp3) is 0.270. The molecule has 0 amide bonds. The molecule has 3 aliphatic heterocycles. The van der Waals surface area contributed by atoms with Gasteiger partial charge < -0.3 is 21.7 Å². The van der Waals surface area contributed by atoms with Gasteiger partial charge in [-0.2, -0.15) is 25.8 Å². The van der Waals surface area contributed by atoms with Crippen LogP contribution in [0.4, 0.5) is 13.2 Å². The fourth-order valence-corrected chi connectivity index (χ4v) is 15.1. The molecular weight excluding hydrogens is 1120 g/mol. The van der Waals surface area contributed by atoms with Gasteiger partial charge in [0.2, 0.25) is 0 Å². The largest absolute Gasteiger partial charge is 0.326 e. The number of nitrogens with zero attached hydrogens (tertiary/aromatic N) is 11. The predicted molar refractivity (Wildman–Crippen MR) is 330 cm³/mol. The highest BCUT2D eigenvalue weighted by atomic mass is 32.1. The van der Waals surface area contributed by atoms with Crippen LogP contribution >= 0.6 is 34.0 Å². The Kier molecular flexibility index (Phi) is 15.1. The van der Waals surface area contributed by atoms with E-state index in [0.717, 1.165) is 161 Å². The number of hydrogen-bond acceptors (Lipinski definition) is 15. The molecule has 9 heterocycles. The fourth-order valence-electron chi connectivity index (χ4n) is 11.6. The second-order valence-electron chi connectivity index (χ2n) is 21.6. The van der Waals surface area contributed by atoms with Gasteiger partial charge in [0.1, 0.15) is 44.7 Å². The van der Waals surface area contributed by atoms with Crippen molar-refractivity contribution in [2.75, 3.05) is 39.3 Å². The van der Waals surface area contributed by atoms with Crippen LogP contribution in [0.5, 0.6) is 0 Å². The summed E-state index contributed by atoms with van der Waals surface area (Å²) < 4.78 is 52.3. The first-order valence-corrected chi connectivity index (χ1v) is 30.4.